The Hall–Kier alpha value is -7.94. The van der Waals surface area contributed by atoms with Crippen molar-refractivity contribution >= 4 is 32.3 Å². The summed E-state index contributed by atoms with van der Waals surface area (Å²) in [5, 5.41) is 7.32. The van der Waals surface area contributed by atoms with Gasteiger partial charge < -0.3 is 0 Å². The molecule has 2 heteroatoms. The first-order chi connectivity index (χ1) is 31.0. The summed E-state index contributed by atoms with van der Waals surface area (Å²) in [5.74, 6) is 0.704. The van der Waals surface area contributed by atoms with Crippen LogP contribution in [0, 0.1) is 0 Å². The zero-order valence-corrected chi connectivity index (χ0v) is 35.2. The zero-order chi connectivity index (χ0) is 42.1. The lowest BCUT2D eigenvalue weighted by Crippen LogP contribution is -2.14. The molecule has 0 saturated carbocycles. The summed E-state index contributed by atoms with van der Waals surface area (Å²) >= 11 is 0. The average molecular weight is 803 g/mol. The molecule has 0 radical (unpaired) electrons. The molecule has 0 unspecified atom stereocenters. The Bertz CT molecular complexity index is 3570. The lowest BCUT2D eigenvalue weighted by Gasteiger charge is -2.22. The first-order valence-electron chi connectivity index (χ1n) is 21.8. The SMILES string of the molecule is CC1(C)c2ccc(-c3ccc(-c4ccc(-c5nc(-c6ccccc6)cc(-c6ccc(-c7ccccc7)cc6)n5)c5ccccc45)c4ccccc34)cc2-c2cc3ccccc3cc21. The van der Waals surface area contributed by atoms with E-state index in [2.05, 4.69) is 226 Å². The van der Waals surface area contributed by atoms with E-state index in [0.717, 1.165) is 33.5 Å². The van der Waals surface area contributed by atoms with Gasteiger partial charge in [0, 0.05) is 22.1 Å². The Kier molecular flexibility index (Phi) is 8.55. The molecule has 0 atom stereocenters. The molecular weight excluding hydrogens is 761 g/mol. The fourth-order valence-corrected chi connectivity index (χ4v) is 10.1. The third-order valence-electron chi connectivity index (χ3n) is 13.3. The van der Waals surface area contributed by atoms with Crippen LogP contribution >= 0.6 is 0 Å². The highest BCUT2D eigenvalue weighted by molar-refractivity contribution is 6.12. The molecule has 1 aliphatic carbocycles. The number of aromatic nitrogens is 2. The molecule has 0 spiro atoms. The van der Waals surface area contributed by atoms with E-state index in [9.17, 15) is 0 Å². The molecule has 1 heterocycles. The Morgan fingerprint density at radius 3 is 1.35 bits per heavy atom. The van der Waals surface area contributed by atoms with Crippen LogP contribution in [0.5, 0.6) is 0 Å². The average Bonchev–Trinajstić information content (AvgIpc) is 3.57. The summed E-state index contributed by atoms with van der Waals surface area (Å²) in [6, 6.07) is 79.1. The number of nitrogens with zero attached hydrogens (tertiary/aromatic N) is 2. The first-order valence-corrected chi connectivity index (χ1v) is 21.8. The van der Waals surface area contributed by atoms with Crippen molar-refractivity contribution in [1.29, 1.82) is 0 Å². The third kappa shape index (κ3) is 6.17. The van der Waals surface area contributed by atoms with Gasteiger partial charge in [-0.3, -0.25) is 0 Å². The summed E-state index contributed by atoms with van der Waals surface area (Å²) in [4.78, 5) is 10.6. The predicted molar refractivity (Wildman–Crippen MR) is 265 cm³/mol. The second-order valence-electron chi connectivity index (χ2n) is 17.3. The summed E-state index contributed by atoms with van der Waals surface area (Å²) in [6.07, 6.45) is 0. The topological polar surface area (TPSA) is 25.8 Å². The largest absolute Gasteiger partial charge is 0.228 e. The van der Waals surface area contributed by atoms with E-state index in [1.807, 2.05) is 6.07 Å². The summed E-state index contributed by atoms with van der Waals surface area (Å²) in [7, 11) is 0. The minimum absolute atomic E-state index is 0.0734. The number of hydrogen-bond donors (Lipinski definition) is 0. The number of rotatable bonds is 6. The second-order valence-corrected chi connectivity index (χ2v) is 17.3. The van der Waals surface area contributed by atoms with Crippen molar-refractivity contribution in [1.82, 2.24) is 9.97 Å². The van der Waals surface area contributed by atoms with Gasteiger partial charge in [-0.1, -0.05) is 202 Å². The smallest absolute Gasteiger partial charge is 0.161 e. The third-order valence-corrected chi connectivity index (χ3v) is 13.3. The lowest BCUT2D eigenvalue weighted by molar-refractivity contribution is 0.661. The normalized spacial score (nSPS) is 12.7. The van der Waals surface area contributed by atoms with Gasteiger partial charge in [-0.15, -0.1) is 0 Å². The van der Waals surface area contributed by atoms with Gasteiger partial charge in [-0.25, -0.2) is 9.97 Å². The molecule has 0 amide bonds. The van der Waals surface area contributed by atoms with Crippen molar-refractivity contribution in [2.24, 2.45) is 0 Å². The maximum atomic E-state index is 5.30. The molecule has 296 valence electrons. The van der Waals surface area contributed by atoms with E-state index in [1.165, 1.54) is 82.6 Å². The molecule has 0 aliphatic heterocycles. The fourth-order valence-electron chi connectivity index (χ4n) is 10.1. The van der Waals surface area contributed by atoms with E-state index in [-0.39, 0.29) is 5.41 Å². The van der Waals surface area contributed by atoms with Crippen LogP contribution < -0.4 is 0 Å². The van der Waals surface area contributed by atoms with Crippen LogP contribution in [0.15, 0.2) is 218 Å². The maximum Gasteiger partial charge on any atom is 0.161 e. The van der Waals surface area contributed by atoms with Crippen LogP contribution in [-0.2, 0) is 5.41 Å². The van der Waals surface area contributed by atoms with Gasteiger partial charge in [0.1, 0.15) is 0 Å². The van der Waals surface area contributed by atoms with Crippen molar-refractivity contribution in [3.05, 3.63) is 230 Å². The van der Waals surface area contributed by atoms with Gasteiger partial charge in [0.15, 0.2) is 5.82 Å². The molecule has 11 aromatic rings. The number of fused-ring (bicyclic) bond motifs is 6. The van der Waals surface area contributed by atoms with Gasteiger partial charge in [0.05, 0.1) is 11.4 Å². The van der Waals surface area contributed by atoms with Crippen molar-refractivity contribution in [3.8, 4) is 78.4 Å². The van der Waals surface area contributed by atoms with Crippen molar-refractivity contribution in [2.75, 3.05) is 0 Å². The monoisotopic (exact) mass is 802 g/mol. The summed E-state index contributed by atoms with van der Waals surface area (Å²) in [5.41, 5.74) is 17.5. The predicted octanol–water partition coefficient (Wildman–Crippen LogP) is 16.2. The molecule has 2 nitrogen and oxygen atoms in total. The van der Waals surface area contributed by atoms with Crippen molar-refractivity contribution in [3.63, 3.8) is 0 Å². The summed E-state index contributed by atoms with van der Waals surface area (Å²) < 4.78 is 0. The minimum Gasteiger partial charge on any atom is -0.228 e. The van der Waals surface area contributed by atoms with Gasteiger partial charge in [0.25, 0.3) is 0 Å². The van der Waals surface area contributed by atoms with E-state index >= 15 is 0 Å². The quantitative estimate of drug-likeness (QED) is 0.167. The van der Waals surface area contributed by atoms with Gasteiger partial charge >= 0.3 is 0 Å². The first kappa shape index (κ1) is 36.9. The van der Waals surface area contributed by atoms with Crippen LogP contribution in [0.4, 0.5) is 0 Å². The standard InChI is InChI=1S/C61H42N2/c1-61(2)56-34-29-45(36-54(56)55-35-43-19-9-10-20-44(43)37-57(55)61)46-30-31-51(48-22-12-11-21-47(46)48)52-32-33-53(50-24-14-13-23-49(50)52)60-62-58(41-17-7-4-8-18-41)38-59(63-60)42-27-25-40(26-28-42)39-15-5-3-6-16-39/h3-38H,1-2H3. The molecule has 12 rings (SSSR count). The van der Waals surface area contributed by atoms with Crippen LogP contribution in [-0.4, -0.2) is 9.97 Å². The van der Waals surface area contributed by atoms with E-state index in [1.54, 1.807) is 0 Å². The molecule has 0 N–H and O–H groups in total. The number of benzene rings is 10. The molecule has 63 heavy (non-hydrogen) atoms. The van der Waals surface area contributed by atoms with Crippen LogP contribution in [0.3, 0.4) is 0 Å². The van der Waals surface area contributed by atoms with Gasteiger partial charge in [-0.05, 0) is 118 Å². The Labute approximate surface area is 367 Å². The second kappa shape index (κ2) is 14.6. The fraction of sp³-hybridized carbons (Fsp3) is 0.0492. The number of hydrogen-bond acceptors (Lipinski definition) is 2. The highest BCUT2D eigenvalue weighted by Crippen LogP contribution is 2.51. The summed E-state index contributed by atoms with van der Waals surface area (Å²) in [6.45, 7) is 4.73. The molecule has 0 bridgehead atoms. The Morgan fingerprint density at radius 1 is 0.286 bits per heavy atom. The minimum atomic E-state index is -0.0734. The van der Waals surface area contributed by atoms with Crippen LogP contribution in [0.1, 0.15) is 25.0 Å². The van der Waals surface area contributed by atoms with Crippen LogP contribution in [0.25, 0.3) is 111 Å². The van der Waals surface area contributed by atoms with E-state index in [4.69, 9.17) is 9.97 Å². The lowest BCUT2D eigenvalue weighted by atomic mass is 9.81. The molecular formula is C61H42N2. The molecule has 0 saturated heterocycles. The zero-order valence-electron chi connectivity index (χ0n) is 35.2. The highest BCUT2D eigenvalue weighted by Gasteiger charge is 2.36. The Balaban J connectivity index is 0.975. The van der Waals surface area contributed by atoms with Crippen molar-refractivity contribution in [2.45, 2.75) is 19.3 Å². The molecule has 1 aromatic heterocycles. The Morgan fingerprint density at radius 2 is 0.714 bits per heavy atom. The van der Waals surface area contributed by atoms with Crippen molar-refractivity contribution < 1.29 is 0 Å². The highest BCUT2D eigenvalue weighted by atomic mass is 14.9. The van der Waals surface area contributed by atoms with E-state index in [0.29, 0.717) is 5.82 Å². The van der Waals surface area contributed by atoms with E-state index < -0.39 is 0 Å². The van der Waals surface area contributed by atoms with Gasteiger partial charge in [-0.2, -0.15) is 0 Å². The molecule has 0 fully saturated rings. The molecule has 10 aromatic carbocycles. The van der Waals surface area contributed by atoms with Gasteiger partial charge in [0.2, 0.25) is 0 Å². The molecule has 1 aliphatic rings. The van der Waals surface area contributed by atoms with Crippen LogP contribution in [0.2, 0.25) is 0 Å². The maximum absolute atomic E-state index is 5.30.